The Morgan fingerprint density at radius 2 is 1.55 bits per heavy atom. The number of anilines is 2. The van der Waals surface area contributed by atoms with Gasteiger partial charge in [-0.05, 0) is 67.1 Å². The van der Waals surface area contributed by atoms with Crippen LogP contribution in [0.2, 0.25) is 0 Å². The first kappa shape index (κ1) is 29.1. The van der Waals surface area contributed by atoms with Crippen molar-refractivity contribution >= 4 is 29.1 Å². The molecule has 0 radical (unpaired) electrons. The molecular formula is C32H36FN5O4. The first-order valence-corrected chi connectivity index (χ1v) is 14.3. The van der Waals surface area contributed by atoms with E-state index in [4.69, 9.17) is 4.74 Å². The Labute approximate surface area is 245 Å². The molecular weight excluding hydrogens is 537 g/mol. The number of rotatable bonds is 7. The molecule has 0 aromatic heterocycles. The van der Waals surface area contributed by atoms with Gasteiger partial charge >= 0.3 is 0 Å². The molecule has 3 amide bonds. The van der Waals surface area contributed by atoms with Gasteiger partial charge < -0.3 is 30.1 Å². The van der Waals surface area contributed by atoms with Crippen molar-refractivity contribution in [2.75, 3.05) is 69.7 Å². The highest BCUT2D eigenvalue weighted by molar-refractivity contribution is 6.00. The smallest absolute Gasteiger partial charge is 0.254 e. The number of piperazine rings is 1. The SMILES string of the molecule is COc1ccc(CC(=O)Nc2cc(C(=O)N3CCCNCC3)ccc2N2CCN(C(=O)c3cccc(F)c3)CC2)cc1. The van der Waals surface area contributed by atoms with Crippen LogP contribution in [0.25, 0.3) is 0 Å². The predicted octanol–water partition coefficient (Wildman–Crippen LogP) is 3.41. The van der Waals surface area contributed by atoms with Gasteiger partial charge in [-0.1, -0.05) is 18.2 Å². The molecule has 2 fully saturated rings. The number of nitrogens with one attached hydrogen (secondary N) is 2. The monoisotopic (exact) mass is 573 g/mol. The van der Waals surface area contributed by atoms with Crippen LogP contribution in [0, 0.1) is 5.82 Å². The molecule has 42 heavy (non-hydrogen) atoms. The predicted molar refractivity (Wildman–Crippen MR) is 160 cm³/mol. The summed E-state index contributed by atoms with van der Waals surface area (Å²) in [5.41, 5.74) is 3.01. The molecule has 2 aliphatic heterocycles. The molecule has 0 bridgehead atoms. The molecule has 10 heteroatoms. The molecule has 0 saturated carbocycles. The summed E-state index contributed by atoms with van der Waals surface area (Å²) in [6, 6.07) is 18.5. The fraction of sp³-hybridized carbons (Fsp3) is 0.344. The third kappa shape index (κ3) is 7.06. The van der Waals surface area contributed by atoms with E-state index >= 15 is 0 Å². The summed E-state index contributed by atoms with van der Waals surface area (Å²) in [7, 11) is 1.59. The Morgan fingerprint density at radius 3 is 2.26 bits per heavy atom. The highest BCUT2D eigenvalue weighted by Gasteiger charge is 2.26. The van der Waals surface area contributed by atoms with E-state index in [1.807, 2.05) is 35.2 Å². The fourth-order valence-electron chi connectivity index (χ4n) is 5.35. The maximum absolute atomic E-state index is 13.7. The van der Waals surface area contributed by atoms with Crippen LogP contribution >= 0.6 is 0 Å². The zero-order valence-electron chi connectivity index (χ0n) is 23.8. The minimum absolute atomic E-state index is 0.0681. The second-order valence-corrected chi connectivity index (χ2v) is 10.5. The maximum atomic E-state index is 13.7. The number of methoxy groups -OCH3 is 1. The van der Waals surface area contributed by atoms with Crippen LogP contribution in [0.15, 0.2) is 66.7 Å². The Balaban J connectivity index is 1.34. The number of hydrogen-bond donors (Lipinski definition) is 2. The number of ether oxygens (including phenoxy) is 1. The number of hydrogen-bond acceptors (Lipinski definition) is 6. The molecule has 0 atom stereocenters. The van der Waals surface area contributed by atoms with Crippen molar-refractivity contribution in [1.29, 1.82) is 0 Å². The number of halogens is 1. The van der Waals surface area contributed by atoms with E-state index in [2.05, 4.69) is 15.5 Å². The van der Waals surface area contributed by atoms with Gasteiger partial charge in [0, 0.05) is 56.9 Å². The molecule has 0 aliphatic carbocycles. The molecule has 5 rings (SSSR count). The van der Waals surface area contributed by atoms with Crippen LogP contribution in [-0.2, 0) is 11.2 Å². The summed E-state index contributed by atoms with van der Waals surface area (Å²) < 4.78 is 18.9. The lowest BCUT2D eigenvalue weighted by atomic mass is 10.1. The second kappa shape index (κ2) is 13.5. The van der Waals surface area contributed by atoms with Crippen LogP contribution in [0.3, 0.4) is 0 Å². The van der Waals surface area contributed by atoms with E-state index in [-0.39, 0.29) is 24.1 Å². The Bertz CT molecular complexity index is 1410. The van der Waals surface area contributed by atoms with Crippen LogP contribution < -0.4 is 20.3 Å². The Kier molecular flexibility index (Phi) is 9.33. The van der Waals surface area contributed by atoms with E-state index in [1.165, 1.54) is 18.2 Å². The molecule has 2 N–H and O–H groups in total. The van der Waals surface area contributed by atoms with Gasteiger partial charge in [0.1, 0.15) is 11.6 Å². The molecule has 2 saturated heterocycles. The summed E-state index contributed by atoms with van der Waals surface area (Å²) in [6.07, 6.45) is 1.04. The molecule has 2 heterocycles. The summed E-state index contributed by atoms with van der Waals surface area (Å²) in [5.74, 6) is -0.214. The van der Waals surface area contributed by atoms with Crippen LogP contribution in [-0.4, -0.2) is 87.0 Å². The minimum atomic E-state index is -0.444. The number of carbonyl (C=O) groups is 3. The third-order valence-electron chi connectivity index (χ3n) is 7.65. The van der Waals surface area contributed by atoms with E-state index in [0.29, 0.717) is 61.8 Å². The maximum Gasteiger partial charge on any atom is 0.254 e. The first-order chi connectivity index (χ1) is 20.4. The van der Waals surface area contributed by atoms with Gasteiger partial charge in [0.25, 0.3) is 11.8 Å². The lowest BCUT2D eigenvalue weighted by Crippen LogP contribution is -2.49. The molecule has 9 nitrogen and oxygen atoms in total. The topological polar surface area (TPSA) is 94.2 Å². The minimum Gasteiger partial charge on any atom is -0.497 e. The van der Waals surface area contributed by atoms with Crippen LogP contribution in [0.5, 0.6) is 5.75 Å². The largest absolute Gasteiger partial charge is 0.497 e. The summed E-state index contributed by atoms with van der Waals surface area (Å²) >= 11 is 0. The van der Waals surface area contributed by atoms with Crippen molar-refractivity contribution < 1.29 is 23.5 Å². The van der Waals surface area contributed by atoms with Crippen molar-refractivity contribution in [1.82, 2.24) is 15.1 Å². The van der Waals surface area contributed by atoms with Gasteiger partial charge in [-0.3, -0.25) is 14.4 Å². The summed E-state index contributed by atoms with van der Waals surface area (Å²) in [6.45, 7) is 4.85. The fourth-order valence-corrected chi connectivity index (χ4v) is 5.35. The molecule has 0 unspecified atom stereocenters. The first-order valence-electron chi connectivity index (χ1n) is 14.3. The average molecular weight is 574 g/mol. The van der Waals surface area contributed by atoms with Crippen molar-refractivity contribution in [2.45, 2.75) is 12.8 Å². The van der Waals surface area contributed by atoms with E-state index in [0.717, 1.165) is 30.8 Å². The van der Waals surface area contributed by atoms with Crippen molar-refractivity contribution in [3.8, 4) is 5.75 Å². The summed E-state index contributed by atoms with van der Waals surface area (Å²) in [5, 5.41) is 6.36. The number of carbonyl (C=O) groups excluding carboxylic acids is 3. The zero-order valence-corrected chi connectivity index (χ0v) is 23.8. The van der Waals surface area contributed by atoms with Crippen molar-refractivity contribution in [3.63, 3.8) is 0 Å². The second-order valence-electron chi connectivity index (χ2n) is 10.5. The van der Waals surface area contributed by atoms with Crippen LogP contribution in [0.1, 0.15) is 32.7 Å². The van der Waals surface area contributed by atoms with Gasteiger partial charge in [0.05, 0.1) is 24.9 Å². The van der Waals surface area contributed by atoms with Gasteiger partial charge in [-0.15, -0.1) is 0 Å². The zero-order chi connectivity index (χ0) is 29.5. The van der Waals surface area contributed by atoms with Crippen molar-refractivity contribution in [2.24, 2.45) is 0 Å². The third-order valence-corrected chi connectivity index (χ3v) is 7.65. The number of amides is 3. The van der Waals surface area contributed by atoms with E-state index in [1.54, 1.807) is 30.2 Å². The van der Waals surface area contributed by atoms with Crippen molar-refractivity contribution in [3.05, 3.63) is 89.2 Å². The van der Waals surface area contributed by atoms with E-state index < -0.39 is 5.82 Å². The normalized spacial score (nSPS) is 15.6. The number of benzene rings is 3. The van der Waals surface area contributed by atoms with Gasteiger partial charge in [0.2, 0.25) is 5.91 Å². The molecule has 0 spiro atoms. The Hall–Kier alpha value is -4.44. The van der Waals surface area contributed by atoms with Gasteiger partial charge in [-0.25, -0.2) is 4.39 Å². The van der Waals surface area contributed by atoms with Gasteiger partial charge in [0.15, 0.2) is 0 Å². The van der Waals surface area contributed by atoms with Gasteiger partial charge in [-0.2, -0.15) is 0 Å². The lowest BCUT2D eigenvalue weighted by Gasteiger charge is -2.37. The van der Waals surface area contributed by atoms with E-state index in [9.17, 15) is 18.8 Å². The molecule has 3 aromatic carbocycles. The molecule has 3 aromatic rings. The number of nitrogens with zero attached hydrogens (tertiary/aromatic N) is 3. The highest BCUT2D eigenvalue weighted by atomic mass is 19.1. The van der Waals surface area contributed by atoms with Crippen LogP contribution in [0.4, 0.5) is 15.8 Å². The summed E-state index contributed by atoms with van der Waals surface area (Å²) in [4.78, 5) is 45.2. The quantitative estimate of drug-likeness (QED) is 0.450. The molecule has 220 valence electrons. The lowest BCUT2D eigenvalue weighted by molar-refractivity contribution is -0.115. The Morgan fingerprint density at radius 1 is 0.833 bits per heavy atom. The molecule has 2 aliphatic rings. The highest BCUT2D eigenvalue weighted by Crippen LogP contribution is 2.30. The average Bonchev–Trinajstić information content (AvgIpc) is 3.31. The standard InChI is InChI=1S/C32H36FN5O4/c1-42-27-9-6-23(7-10-27)20-30(39)35-28-22-25(32(41)37-14-3-12-34-13-15-37)8-11-29(28)36-16-18-38(19-17-36)31(40)24-4-2-5-26(33)21-24/h2,4-11,21-22,34H,3,12-20H2,1H3,(H,35,39).